The molecule has 2 aromatic carbocycles. The van der Waals surface area contributed by atoms with Gasteiger partial charge in [-0.25, -0.2) is 0 Å². The van der Waals surface area contributed by atoms with Crippen LogP contribution in [-0.4, -0.2) is 79.4 Å². The molecule has 0 bridgehead atoms. The van der Waals surface area contributed by atoms with Crippen molar-refractivity contribution in [2.45, 2.75) is 59.0 Å². The summed E-state index contributed by atoms with van der Waals surface area (Å²) in [5, 5.41) is 48.6. The van der Waals surface area contributed by atoms with Crippen molar-refractivity contribution >= 4 is 17.9 Å². The van der Waals surface area contributed by atoms with E-state index in [2.05, 4.69) is 13.8 Å². The van der Waals surface area contributed by atoms with E-state index in [-0.39, 0.29) is 63.6 Å². The lowest BCUT2D eigenvalue weighted by Crippen LogP contribution is -2.39. The number of aryl methyl sites for hydroxylation is 2. The number of carboxylic acids is 3. The third kappa shape index (κ3) is 11.7. The summed E-state index contributed by atoms with van der Waals surface area (Å²) in [7, 11) is 0. The molecule has 0 fully saturated rings. The first-order chi connectivity index (χ1) is 18.5. The molecule has 39 heavy (non-hydrogen) atoms. The second-order valence-corrected chi connectivity index (χ2v) is 10.1. The summed E-state index contributed by atoms with van der Waals surface area (Å²) in [5.41, 5.74) is 2.82. The highest BCUT2D eigenvalue weighted by Crippen LogP contribution is 2.24. The summed E-state index contributed by atoms with van der Waals surface area (Å²) in [6, 6.07) is 10.1. The van der Waals surface area contributed by atoms with Crippen molar-refractivity contribution in [3.8, 4) is 11.5 Å². The Kier molecular flexibility index (Phi) is 12.7. The highest BCUT2D eigenvalue weighted by atomic mass is 16.4. The quantitative estimate of drug-likeness (QED) is 0.188. The third-order valence-electron chi connectivity index (χ3n) is 6.78. The van der Waals surface area contributed by atoms with Crippen LogP contribution >= 0.6 is 0 Å². The molecule has 1 unspecified atom stereocenters. The largest absolute Gasteiger partial charge is 0.508 e. The van der Waals surface area contributed by atoms with Gasteiger partial charge in [0.2, 0.25) is 0 Å². The Balaban J connectivity index is 2.16. The fraction of sp³-hybridized carbons (Fsp3) is 0.483. The van der Waals surface area contributed by atoms with Crippen molar-refractivity contribution in [2.75, 3.05) is 26.2 Å². The second kappa shape index (κ2) is 15.7. The topological polar surface area (TPSA) is 159 Å². The maximum atomic E-state index is 11.6. The monoisotopic (exact) mass is 544 g/mol. The van der Waals surface area contributed by atoms with Gasteiger partial charge in [0.15, 0.2) is 0 Å². The first kappa shape index (κ1) is 31.6. The minimum absolute atomic E-state index is 0.0361. The average Bonchev–Trinajstić information content (AvgIpc) is 2.86. The maximum absolute atomic E-state index is 11.6. The standard InChI is InChI=1S/C29H40N2O8/c1-3-20(2)4-5-21-6-9-25(32)23(14-21)16-30(18-28(36)37)12-13-31(19-29(38)39)17-24-15-22(7-10-26(24)33)8-11-27(34)35/h6-7,9-10,14-15,20,32-33H,3-5,8,11-13,16-19H2,1-2H3,(H,34,35)(H,36,37)(H,38,39). The van der Waals surface area contributed by atoms with Gasteiger partial charge >= 0.3 is 17.9 Å². The van der Waals surface area contributed by atoms with Crippen LogP contribution in [0.25, 0.3) is 0 Å². The highest BCUT2D eigenvalue weighted by Gasteiger charge is 2.18. The molecule has 0 spiro atoms. The van der Waals surface area contributed by atoms with Gasteiger partial charge in [0.05, 0.1) is 13.1 Å². The molecule has 0 radical (unpaired) electrons. The van der Waals surface area contributed by atoms with E-state index in [0.717, 1.165) is 24.8 Å². The normalized spacial score (nSPS) is 12.1. The number of benzene rings is 2. The Bertz CT molecular complexity index is 1120. The molecule has 10 heteroatoms. The van der Waals surface area contributed by atoms with Crippen LogP contribution < -0.4 is 0 Å². The molecule has 2 rings (SSSR count). The molecule has 0 aliphatic carbocycles. The molecule has 0 amide bonds. The van der Waals surface area contributed by atoms with Crippen LogP contribution in [0.2, 0.25) is 0 Å². The molecule has 0 saturated heterocycles. The SMILES string of the molecule is CCC(C)CCc1ccc(O)c(CN(CCN(CC(=O)O)Cc2cc(CCC(=O)O)ccc2O)CC(=O)O)c1. The van der Waals surface area contributed by atoms with Gasteiger partial charge in [-0.05, 0) is 48.4 Å². The lowest BCUT2D eigenvalue weighted by atomic mass is 9.97. The molecule has 0 saturated carbocycles. The van der Waals surface area contributed by atoms with E-state index in [9.17, 15) is 34.8 Å². The predicted molar refractivity (Wildman–Crippen MR) is 146 cm³/mol. The van der Waals surface area contributed by atoms with E-state index in [1.54, 1.807) is 28.0 Å². The van der Waals surface area contributed by atoms with Gasteiger partial charge in [0, 0.05) is 43.7 Å². The summed E-state index contributed by atoms with van der Waals surface area (Å²) in [5.74, 6) is -2.45. The number of aromatic hydroxyl groups is 2. The van der Waals surface area contributed by atoms with Gasteiger partial charge in [0.25, 0.3) is 0 Å². The number of phenolic OH excluding ortho intramolecular Hbond substituents is 2. The van der Waals surface area contributed by atoms with Crippen LogP contribution in [0.3, 0.4) is 0 Å². The molecular weight excluding hydrogens is 504 g/mol. The fourth-order valence-corrected chi connectivity index (χ4v) is 4.29. The summed E-state index contributed by atoms with van der Waals surface area (Å²) in [6.45, 7) is 4.33. The minimum Gasteiger partial charge on any atom is -0.508 e. The van der Waals surface area contributed by atoms with Crippen LogP contribution in [0.15, 0.2) is 36.4 Å². The number of carboxylic acid groups (broad SMARTS) is 3. The molecule has 0 heterocycles. The van der Waals surface area contributed by atoms with Crippen LogP contribution in [-0.2, 0) is 40.3 Å². The Labute approximate surface area is 229 Å². The zero-order valence-corrected chi connectivity index (χ0v) is 22.7. The minimum atomic E-state index is -1.08. The van der Waals surface area contributed by atoms with E-state index in [4.69, 9.17) is 5.11 Å². The van der Waals surface area contributed by atoms with E-state index in [0.29, 0.717) is 22.6 Å². The summed E-state index contributed by atoms with van der Waals surface area (Å²) < 4.78 is 0. The van der Waals surface area contributed by atoms with Crippen LogP contribution in [0.1, 0.15) is 55.4 Å². The van der Waals surface area contributed by atoms with Gasteiger partial charge in [-0.2, -0.15) is 0 Å². The van der Waals surface area contributed by atoms with Crippen LogP contribution in [0.4, 0.5) is 0 Å². The van der Waals surface area contributed by atoms with Crippen molar-refractivity contribution in [2.24, 2.45) is 5.92 Å². The van der Waals surface area contributed by atoms with Gasteiger partial charge in [-0.15, -0.1) is 0 Å². The molecule has 10 nitrogen and oxygen atoms in total. The molecule has 1 atom stereocenters. The van der Waals surface area contributed by atoms with Crippen molar-refractivity contribution in [3.63, 3.8) is 0 Å². The van der Waals surface area contributed by atoms with E-state index >= 15 is 0 Å². The summed E-state index contributed by atoms with van der Waals surface area (Å²) in [6.07, 6.45) is 3.14. The number of rotatable bonds is 18. The number of hydrogen-bond donors (Lipinski definition) is 5. The molecule has 214 valence electrons. The second-order valence-electron chi connectivity index (χ2n) is 10.1. The Morgan fingerprint density at radius 1 is 0.744 bits per heavy atom. The zero-order valence-electron chi connectivity index (χ0n) is 22.7. The average molecular weight is 545 g/mol. The summed E-state index contributed by atoms with van der Waals surface area (Å²) in [4.78, 5) is 37.2. The molecule has 5 N–H and O–H groups in total. The van der Waals surface area contributed by atoms with Gasteiger partial charge in [-0.1, -0.05) is 44.5 Å². The molecule has 0 aromatic heterocycles. The van der Waals surface area contributed by atoms with E-state index in [1.165, 1.54) is 6.07 Å². The molecular formula is C29H40N2O8. The van der Waals surface area contributed by atoms with Crippen molar-refractivity contribution < 1.29 is 39.9 Å². The van der Waals surface area contributed by atoms with Crippen LogP contribution in [0.5, 0.6) is 11.5 Å². The van der Waals surface area contributed by atoms with Crippen molar-refractivity contribution in [3.05, 3.63) is 58.7 Å². The molecule has 0 aliphatic heterocycles. The molecule has 2 aromatic rings. The lowest BCUT2D eigenvalue weighted by Gasteiger charge is -2.26. The van der Waals surface area contributed by atoms with E-state index in [1.807, 2.05) is 12.1 Å². The van der Waals surface area contributed by atoms with E-state index < -0.39 is 17.9 Å². The predicted octanol–water partition coefficient (Wildman–Crippen LogP) is 3.57. The summed E-state index contributed by atoms with van der Waals surface area (Å²) >= 11 is 0. The van der Waals surface area contributed by atoms with Crippen molar-refractivity contribution in [1.82, 2.24) is 9.80 Å². The fourth-order valence-electron chi connectivity index (χ4n) is 4.29. The van der Waals surface area contributed by atoms with Crippen molar-refractivity contribution in [1.29, 1.82) is 0 Å². The Morgan fingerprint density at radius 2 is 1.21 bits per heavy atom. The number of aliphatic carboxylic acids is 3. The third-order valence-corrected chi connectivity index (χ3v) is 6.78. The number of nitrogens with zero attached hydrogens (tertiary/aromatic N) is 2. The first-order valence-corrected chi connectivity index (χ1v) is 13.2. The maximum Gasteiger partial charge on any atom is 0.317 e. The number of hydrogen-bond acceptors (Lipinski definition) is 7. The zero-order chi connectivity index (χ0) is 28.9. The Hall–Kier alpha value is -3.63. The molecule has 0 aliphatic rings. The van der Waals surface area contributed by atoms with Gasteiger partial charge in [0.1, 0.15) is 11.5 Å². The lowest BCUT2D eigenvalue weighted by molar-refractivity contribution is -0.140. The highest BCUT2D eigenvalue weighted by molar-refractivity contribution is 5.69. The smallest absolute Gasteiger partial charge is 0.317 e. The first-order valence-electron chi connectivity index (χ1n) is 13.2. The number of carbonyl (C=O) groups is 3. The number of phenols is 2. The van der Waals surface area contributed by atoms with Gasteiger partial charge in [-0.3, -0.25) is 24.2 Å². The Morgan fingerprint density at radius 3 is 1.62 bits per heavy atom. The van der Waals surface area contributed by atoms with Gasteiger partial charge < -0.3 is 25.5 Å². The van der Waals surface area contributed by atoms with Crippen LogP contribution in [0, 0.1) is 5.92 Å².